The number of carbonyl (C=O) groups is 1. The standard InChI is InChI=1S/C14H19F3N2O2/c1-10(19-13(20)9-18-7-8-21-2)11-3-5-12(6-4-11)14(15,16)17/h3-6,10,18H,7-9H2,1-2H3,(H,19,20). The van der Waals surface area contributed by atoms with Crippen molar-refractivity contribution in [1.82, 2.24) is 10.6 Å². The molecule has 0 fully saturated rings. The van der Waals surface area contributed by atoms with Gasteiger partial charge in [0.2, 0.25) is 5.91 Å². The summed E-state index contributed by atoms with van der Waals surface area (Å²) < 4.78 is 42.2. The summed E-state index contributed by atoms with van der Waals surface area (Å²) in [6.45, 7) is 2.91. The van der Waals surface area contributed by atoms with E-state index in [1.807, 2.05) is 0 Å². The third-order valence-electron chi connectivity index (χ3n) is 2.88. The van der Waals surface area contributed by atoms with Crippen LogP contribution in [0.5, 0.6) is 0 Å². The Kier molecular flexibility index (Phi) is 6.64. The van der Waals surface area contributed by atoms with E-state index in [0.29, 0.717) is 18.7 Å². The highest BCUT2D eigenvalue weighted by Gasteiger charge is 2.30. The smallest absolute Gasteiger partial charge is 0.383 e. The fourth-order valence-corrected chi connectivity index (χ4v) is 1.71. The SMILES string of the molecule is COCCNCC(=O)NC(C)c1ccc(C(F)(F)F)cc1. The van der Waals surface area contributed by atoms with Gasteiger partial charge in [0.05, 0.1) is 24.8 Å². The van der Waals surface area contributed by atoms with Crippen molar-refractivity contribution in [3.8, 4) is 0 Å². The van der Waals surface area contributed by atoms with E-state index in [-0.39, 0.29) is 18.5 Å². The minimum atomic E-state index is -4.35. The molecule has 21 heavy (non-hydrogen) atoms. The van der Waals surface area contributed by atoms with Crippen molar-refractivity contribution in [3.63, 3.8) is 0 Å². The average molecular weight is 304 g/mol. The Morgan fingerprint density at radius 1 is 1.29 bits per heavy atom. The molecule has 1 rings (SSSR count). The van der Waals surface area contributed by atoms with E-state index in [1.165, 1.54) is 12.1 Å². The van der Waals surface area contributed by atoms with Crippen LogP contribution < -0.4 is 10.6 Å². The zero-order chi connectivity index (χ0) is 15.9. The highest BCUT2D eigenvalue weighted by atomic mass is 19.4. The monoisotopic (exact) mass is 304 g/mol. The van der Waals surface area contributed by atoms with Gasteiger partial charge in [-0.05, 0) is 24.6 Å². The van der Waals surface area contributed by atoms with Crippen molar-refractivity contribution in [1.29, 1.82) is 0 Å². The van der Waals surface area contributed by atoms with Crippen LogP contribution in [0.25, 0.3) is 0 Å². The van der Waals surface area contributed by atoms with Crippen LogP contribution in [-0.2, 0) is 15.7 Å². The predicted octanol–water partition coefficient (Wildman–Crippen LogP) is 2.12. The van der Waals surface area contributed by atoms with Crippen molar-refractivity contribution >= 4 is 5.91 Å². The van der Waals surface area contributed by atoms with Gasteiger partial charge in [0.25, 0.3) is 0 Å². The summed E-state index contributed by atoms with van der Waals surface area (Å²) in [4.78, 5) is 11.6. The van der Waals surface area contributed by atoms with Crippen LogP contribution in [0.15, 0.2) is 24.3 Å². The van der Waals surface area contributed by atoms with Crippen LogP contribution >= 0.6 is 0 Å². The van der Waals surface area contributed by atoms with Crippen LogP contribution in [0.2, 0.25) is 0 Å². The Hall–Kier alpha value is -1.60. The van der Waals surface area contributed by atoms with Gasteiger partial charge < -0.3 is 15.4 Å². The lowest BCUT2D eigenvalue weighted by atomic mass is 10.1. The lowest BCUT2D eigenvalue weighted by Crippen LogP contribution is -2.36. The van der Waals surface area contributed by atoms with Gasteiger partial charge in [-0.15, -0.1) is 0 Å². The molecule has 118 valence electrons. The summed E-state index contributed by atoms with van der Waals surface area (Å²) in [5.41, 5.74) is -0.0840. The Morgan fingerprint density at radius 3 is 2.43 bits per heavy atom. The number of carbonyl (C=O) groups excluding carboxylic acids is 1. The topological polar surface area (TPSA) is 50.4 Å². The highest BCUT2D eigenvalue weighted by molar-refractivity contribution is 5.78. The largest absolute Gasteiger partial charge is 0.416 e. The maximum atomic E-state index is 12.4. The van der Waals surface area contributed by atoms with Crippen molar-refractivity contribution in [3.05, 3.63) is 35.4 Å². The lowest BCUT2D eigenvalue weighted by molar-refractivity contribution is -0.137. The van der Waals surface area contributed by atoms with E-state index >= 15 is 0 Å². The molecule has 0 aromatic heterocycles. The number of halogens is 3. The summed E-state index contributed by atoms with van der Waals surface area (Å²) in [7, 11) is 1.56. The highest BCUT2D eigenvalue weighted by Crippen LogP contribution is 2.29. The van der Waals surface area contributed by atoms with Crippen molar-refractivity contribution in [2.24, 2.45) is 0 Å². The number of hydrogen-bond acceptors (Lipinski definition) is 3. The maximum absolute atomic E-state index is 12.4. The van der Waals surface area contributed by atoms with Gasteiger partial charge in [-0.2, -0.15) is 13.2 Å². The predicted molar refractivity (Wildman–Crippen MR) is 72.7 cm³/mol. The molecule has 1 aromatic carbocycles. The quantitative estimate of drug-likeness (QED) is 0.759. The average Bonchev–Trinajstić information content (AvgIpc) is 2.43. The van der Waals surface area contributed by atoms with Gasteiger partial charge in [0.15, 0.2) is 0 Å². The van der Waals surface area contributed by atoms with Gasteiger partial charge in [0, 0.05) is 13.7 Å². The molecule has 0 saturated heterocycles. The second kappa shape index (κ2) is 7.99. The minimum Gasteiger partial charge on any atom is -0.383 e. The normalized spacial score (nSPS) is 13.0. The Balaban J connectivity index is 2.48. The summed E-state index contributed by atoms with van der Waals surface area (Å²) in [5.74, 6) is -0.224. The number of benzene rings is 1. The molecule has 0 radical (unpaired) electrons. The van der Waals surface area contributed by atoms with Crippen molar-refractivity contribution in [2.75, 3.05) is 26.8 Å². The van der Waals surface area contributed by atoms with E-state index in [0.717, 1.165) is 12.1 Å². The third-order valence-corrected chi connectivity index (χ3v) is 2.88. The van der Waals surface area contributed by atoms with Gasteiger partial charge in [-0.25, -0.2) is 0 Å². The fraction of sp³-hybridized carbons (Fsp3) is 0.500. The summed E-state index contributed by atoms with van der Waals surface area (Å²) in [6.07, 6.45) is -4.35. The molecule has 7 heteroatoms. The summed E-state index contributed by atoms with van der Waals surface area (Å²) in [5, 5.41) is 5.59. The zero-order valence-electron chi connectivity index (χ0n) is 12.0. The molecule has 0 aliphatic rings. The maximum Gasteiger partial charge on any atom is 0.416 e. The van der Waals surface area contributed by atoms with Crippen LogP contribution in [0.3, 0.4) is 0 Å². The number of hydrogen-bond donors (Lipinski definition) is 2. The van der Waals surface area contributed by atoms with E-state index in [1.54, 1.807) is 14.0 Å². The van der Waals surface area contributed by atoms with Crippen molar-refractivity contribution in [2.45, 2.75) is 19.1 Å². The molecule has 0 heterocycles. The van der Waals surface area contributed by atoms with Crippen LogP contribution in [0, 0.1) is 0 Å². The molecule has 1 amide bonds. The molecule has 4 nitrogen and oxygen atoms in total. The summed E-state index contributed by atoms with van der Waals surface area (Å²) >= 11 is 0. The van der Waals surface area contributed by atoms with Crippen molar-refractivity contribution < 1.29 is 22.7 Å². The van der Waals surface area contributed by atoms with E-state index in [9.17, 15) is 18.0 Å². The molecule has 2 N–H and O–H groups in total. The second-order valence-corrected chi connectivity index (χ2v) is 4.58. The van der Waals surface area contributed by atoms with Gasteiger partial charge in [-0.1, -0.05) is 12.1 Å². The molecule has 0 bridgehead atoms. The number of ether oxygens (including phenoxy) is 1. The Labute approximate surface area is 121 Å². The van der Waals surface area contributed by atoms with Gasteiger partial charge in [0.1, 0.15) is 0 Å². The fourth-order valence-electron chi connectivity index (χ4n) is 1.71. The van der Waals surface area contributed by atoms with E-state index in [2.05, 4.69) is 10.6 Å². The van der Waals surface area contributed by atoms with E-state index in [4.69, 9.17) is 4.74 Å². The molecule has 1 aromatic rings. The van der Waals surface area contributed by atoms with Gasteiger partial charge >= 0.3 is 6.18 Å². The number of amides is 1. The first kappa shape index (κ1) is 17.5. The first-order valence-corrected chi connectivity index (χ1v) is 6.50. The molecular weight excluding hydrogens is 285 g/mol. The number of nitrogens with one attached hydrogen (secondary N) is 2. The molecular formula is C14H19F3N2O2. The van der Waals surface area contributed by atoms with Crippen LogP contribution in [-0.4, -0.2) is 32.7 Å². The third kappa shape index (κ3) is 6.14. The number of rotatable bonds is 7. The molecule has 1 unspecified atom stereocenters. The molecule has 0 aliphatic carbocycles. The van der Waals surface area contributed by atoms with Crippen LogP contribution in [0.4, 0.5) is 13.2 Å². The number of methoxy groups -OCH3 is 1. The molecule has 0 spiro atoms. The lowest BCUT2D eigenvalue weighted by Gasteiger charge is -2.15. The summed E-state index contributed by atoms with van der Waals surface area (Å²) in [6, 6.07) is 4.39. The first-order valence-electron chi connectivity index (χ1n) is 6.50. The number of alkyl halides is 3. The van der Waals surface area contributed by atoms with Crippen LogP contribution in [0.1, 0.15) is 24.1 Å². The van der Waals surface area contributed by atoms with Gasteiger partial charge in [-0.3, -0.25) is 4.79 Å². The minimum absolute atomic E-state index is 0.133. The first-order chi connectivity index (χ1) is 9.84. The second-order valence-electron chi connectivity index (χ2n) is 4.58. The molecule has 0 aliphatic heterocycles. The molecule has 0 saturated carbocycles. The Morgan fingerprint density at radius 2 is 1.90 bits per heavy atom. The van der Waals surface area contributed by atoms with E-state index < -0.39 is 11.7 Å². The zero-order valence-corrected chi connectivity index (χ0v) is 12.0. The Bertz CT molecular complexity index is 447. The molecule has 1 atom stereocenters.